The van der Waals surface area contributed by atoms with Crippen LogP contribution in [0.5, 0.6) is 0 Å². The topological polar surface area (TPSA) is 14.3 Å². The smallest absolute Gasteiger partial charge is 0.0620 e. The highest BCUT2D eigenvalue weighted by Gasteiger charge is 2.20. The van der Waals surface area contributed by atoms with E-state index in [4.69, 9.17) is 0 Å². The Morgan fingerprint density at radius 1 is 0.354 bits per heavy atom. The van der Waals surface area contributed by atoms with Crippen molar-refractivity contribution in [2.24, 2.45) is 0 Å². The van der Waals surface area contributed by atoms with Crippen LogP contribution in [0.1, 0.15) is 0 Å². The summed E-state index contributed by atoms with van der Waals surface area (Å²) in [5.41, 5.74) is 15.5. The highest BCUT2D eigenvalue weighted by molar-refractivity contribution is 6.26. The van der Waals surface area contributed by atoms with E-state index in [1.165, 1.54) is 120 Å². The molecule has 0 saturated heterocycles. The molecule has 65 heavy (non-hydrogen) atoms. The van der Waals surface area contributed by atoms with Gasteiger partial charge in [0.05, 0.1) is 38.6 Å². The molecule has 14 rings (SSSR count). The molecule has 0 aliphatic carbocycles. The van der Waals surface area contributed by atoms with Crippen molar-refractivity contribution in [3.05, 3.63) is 226 Å². The average Bonchev–Trinajstić information content (AvgIpc) is 4.08. The summed E-state index contributed by atoms with van der Waals surface area (Å²) in [5.74, 6) is 0. The van der Waals surface area contributed by atoms with Gasteiger partial charge in [-0.3, -0.25) is 0 Å². The van der Waals surface area contributed by atoms with Crippen LogP contribution in [-0.4, -0.2) is 13.5 Å². The maximum atomic E-state index is 4.12. The number of rotatable bonds is 6. The Labute approximate surface area is 374 Å². The fourth-order valence-electron chi connectivity index (χ4n) is 11.1. The van der Waals surface area contributed by atoms with Crippen LogP contribution < -0.4 is 0 Å². The molecule has 0 unspecified atom stereocenters. The van der Waals surface area contributed by atoms with Crippen molar-refractivity contribution in [2.75, 3.05) is 0 Å². The molecule has 3 heteroatoms. The number of hydrogen-bond acceptors (Lipinski definition) is 0. The molecule has 0 saturated carbocycles. The van der Waals surface area contributed by atoms with Crippen molar-refractivity contribution in [2.45, 2.75) is 0 Å². The molecule has 0 bridgehead atoms. The van der Waals surface area contributed by atoms with Gasteiger partial charge in [-0.05, 0) is 141 Å². The predicted molar refractivity (Wildman–Crippen MR) is 279 cm³/mol. The molecular weight excluding hydrogens is 787 g/mol. The summed E-state index contributed by atoms with van der Waals surface area (Å²) in [6, 6.07) is 72.2. The van der Waals surface area contributed by atoms with Gasteiger partial charge in [0.15, 0.2) is 0 Å². The maximum absolute atomic E-state index is 4.12. The van der Waals surface area contributed by atoms with Gasteiger partial charge in [-0.2, -0.15) is 0 Å². The fraction of sp³-hybridized carbons (Fsp3) is 0. The van der Waals surface area contributed by atoms with E-state index in [1.807, 2.05) is 18.2 Å². The van der Waals surface area contributed by atoms with E-state index in [2.05, 4.69) is 221 Å². The summed E-state index contributed by atoms with van der Waals surface area (Å²) in [5, 5.41) is 15.0. The standard InChI is InChI=1S/C62H39N3/c1-3-13-46(4-2)63-56-20-10-8-16-48(56)52-32-40(26-28-58(52)63)38-22-24-42-34-54-50-18-12-19-51-55-35-43-25-23-39(31-45(43)37-61(55)65(62(50)51)60(54)36-44(42)30-38)41-27-29-59-53(33-41)49-17-9-11-21-57(49)64(59)47-14-6-5-7-15-47/h3-37H,1-2H2/b46-13+. The third-order valence-corrected chi connectivity index (χ3v) is 14.0. The lowest BCUT2D eigenvalue weighted by Gasteiger charge is -2.09. The minimum atomic E-state index is 1.00. The van der Waals surface area contributed by atoms with Gasteiger partial charge < -0.3 is 13.5 Å². The van der Waals surface area contributed by atoms with E-state index >= 15 is 0 Å². The predicted octanol–water partition coefficient (Wildman–Crippen LogP) is 16.9. The van der Waals surface area contributed by atoms with Gasteiger partial charge in [-0.25, -0.2) is 0 Å². The third kappa shape index (κ3) is 5.06. The van der Waals surface area contributed by atoms with Crippen LogP contribution in [0.4, 0.5) is 0 Å². The summed E-state index contributed by atoms with van der Waals surface area (Å²) in [7, 11) is 0. The van der Waals surface area contributed by atoms with E-state index < -0.39 is 0 Å². The summed E-state index contributed by atoms with van der Waals surface area (Å²) < 4.78 is 7.18. The lowest BCUT2D eigenvalue weighted by Crippen LogP contribution is -1.93. The van der Waals surface area contributed by atoms with Crippen molar-refractivity contribution in [1.29, 1.82) is 0 Å². The molecule has 3 nitrogen and oxygen atoms in total. The van der Waals surface area contributed by atoms with E-state index in [0.717, 1.165) is 16.7 Å². The van der Waals surface area contributed by atoms with Gasteiger partial charge in [0.25, 0.3) is 0 Å². The second kappa shape index (κ2) is 13.4. The van der Waals surface area contributed by atoms with E-state index in [9.17, 15) is 0 Å². The van der Waals surface area contributed by atoms with Crippen molar-refractivity contribution in [3.63, 3.8) is 0 Å². The zero-order chi connectivity index (χ0) is 42.9. The molecule has 0 atom stereocenters. The SMILES string of the molecule is C=C/C=C(\C=C)n1c2ccccc2c2cc(-c3ccc4cc5c6cccc7c8cc9ccc(-c%10ccc%11c(c%10)c%10ccccc%10n%11-c%10ccccc%10)cc9cc8n(c5cc4c3)c67)ccc21. The Kier molecular flexibility index (Phi) is 7.41. The first kappa shape index (κ1) is 35.9. The van der Waals surface area contributed by atoms with Crippen LogP contribution in [0, 0.1) is 0 Å². The number of nitrogens with zero attached hydrogens (tertiary/aromatic N) is 3. The van der Waals surface area contributed by atoms with Gasteiger partial charge in [-0.15, -0.1) is 0 Å². The summed E-state index contributed by atoms with van der Waals surface area (Å²) in [4.78, 5) is 0. The largest absolute Gasteiger partial charge is 0.309 e. The molecule has 4 aromatic heterocycles. The molecule has 14 aromatic rings. The molecule has 0 amide bonds. The van der Waals surface area contributed by atoms with Crippen LogP contribution >= 0.6 is 0 Å². The Balaban J connectivity index is 0.926. The number of benzene rings is 10. The molecule has 302 valence electrons. The Morgan fingerprint density at radius 2 is 0.831 bits per heavy atom. The normalized spacial score (nSPS) is 12.5. The summed E-state index contributed by atoms with van der Waals surface area (Å²) >= 11 is 0. The summed E-state index contributed by atoms with van der Waals surface area (Å²) in [6.45, 7) is 8.08. The van der Waals surface area contributed by atoms with Crippen molar-refractivity contribution in [1.82, 2.24) is 13.5 Å². The third-order valence-electron chi connectivity index (χ3n) is 14.0. The monoisotopic (exact) mass is 825 g/mol. The number of allylic oxidation sites excluding steroid dienone is 4. The highest BCUT2D eigenvalue weighted by atomic mass is 15.0. The molecular formula is C62H39N3. The molecule has 10 aromatic carbocycles. The van der Waals surface area contributed by atoms with Crippen LogP contribution in [0.15, 0.2) is 226 Å². The van der Waals surface area contributed by atoms with Crippen LogP contribution in [0.3, 0.4) is 0 Å². The minimum Gasteiger partial charge on any atom is -0.309 e. The molecule has 0 fully saturated rings. The van der Waals surface area contributed by atoms with Gasteiger partial charge in [0.2, 0.25) is 0 Å². The fourth-order valence-corrected chi connectivity index (χ4v) is 11.1. The average molecular weight is 826 g/mol. The second-order valence-electron chi connectivity index (χ2n) is 17.4. The maximum Gasteiger partial charge on any atom is 0.0620 e. The molecule has 0 N–H and O–H groups in total. The molecule has 0 radical (unpaired) electrons. The Hall–Kier alpha value is -8.66. The van der Waals surface area contributed by atoms with Crippen molar-refractivity contribution < 1.29 is 0 Å². The number of hydrogen-bond donors (Lipinski definition) is 0. The molecule has 0 spiro atoms. The van der Waals surface area contributed by atoms with Crippen LogP contribution in [0.2, 0.25) is 0 Å². The first-order valence-corrected chi connectivity index (χ1v) is 22.3. The van der Waals surface area contributed by atoms with E-state index in [1.54, 1.807) is 0 Å². The molecule has 4 heterocycles. The van der Waals surface area contributed by atoms with E-state index in [0.29, 0.717) is 0 Å². The lowest BCUT2D eigenvalue weighted by molar-refractivity contribution is 1.18. The molecule has 0 aliphatic heterocycles. The van der Waals surface area contributed by atoms with Gasteiger partial charge in [0, 0.05) is 54.5 Å². The quantitative estimate of drug-likeness (QED) is 0.148. The Bertz CT molecular complexity index is 4380. The first-order valence-electron chi connectivity index (χ1n) is 22.3. The zero-order valence-corrected chi connectivity index (χ0v) is 35.5. The highest BCUT2D eigenvalue weighted by Crippen LogP contribution is 2.43. The van der Waals surface area contributed by atoms with Crippen LogP contribution in [0.25, 0.3) is 137 Å². The first-order chi connectivity index (χ1) is 32.1. The van der Waals surface area contributed by atoms with Gasteiger partial charge in [0.1, 0.15) is 0 Å². The van der Waals surface area contributed by atoms with Crippen molar-refractivity contribution in [3.8, 4) is 27.9 Å². The zero-order valence-electron chi connectivity index (χ0n) is 35.5. The number of para-hydroxylation sites is 4. The lowest BCUT2D eigenvalue weighted by atomic mass is 9.97. The van der Waals surface area contributed by atoms with Gasteiger partial charge >= 0.3 is 0 Å². The number of fused-ring (bicyclic) bond motifs is 14. The van der Waals surface area contributed by atoms with Crippen molar-refractivity contribution >= 4 is 109 Å². The van der Waals surface area contributed by atoms with E-state index in [-0.39, 0.29) is 0 Å². The van der Waals surface area contributed by atoms with Crippen LogP contribution in [-0.2, 0) is 0 Å². The summed E-state index contributed by atoms with van der Waals surface area (Å²) in [6.07, 6.45) is 5.74. The van der Waals surface area contributed by atoms with Gasteiger partial charge in [-0.1, -0.05) is 128 Å². The minimum absolute atomic E-state index is 1.00. The Morgan fingerprint density at radius 3 is 1.46 bits per heavy atom. The number of aromatic nitrogens is 3. The second-order valence-corrected chi connectivity index (χ2v) is 17.4. The molecule has 0 aliphatic rings.